The summed E-state index contributed by atoms with van der Waals surface area (Å²) in [5.41, 5.74) is 4.29. The first kappa shape index (κ1) is 17.2. The van der Waals surface area contributed by atoms with Gasteiger partial charge < -0.3 is 4.74 Å². The summed E-state index contributed by atoms with van der Waals surface area (Å²) in [5.74, 6) is 0.0319. The van der Waals surface area contributed by atoms with Crippen LogP contribution in [0.1, 0.15) is 52.6 Å². The molecular formula is C19H19N3O2S. The summed E-state index contributed by atoms with van der Waals surface area (Å²) in [6.07, 6.45) is 2.51. The van der Waals surface area contributed by atoms with Crippen molar-refractivity contribution in [2.24, 2.45) is 0 Å². The molecule has 0 aliphatic carbocycles. The van der Waals surface area contributed by atoms with Gasteiger partial charge in [0.1, 0.15) is 5.69 Å². The van der Waals surface area contributed by atoms with Crippen LogP contribution in [0.4, 0.5) is 0 Å². The molecule has 25 heavy (non-hydrogen) atoms. The van der Waals surface area contributed by atoms with Gasteiger partial charge in [-0.15, -0.1) is 4.37 Å². The number of hydrogen-bond acceptors (Lipinski definition) is 6. The fraction of sp³-hybridized carbons (Fsp3) is 0.263. The molecule has 0 radical (unpaired) electrons. The van der Waals surface area contributed by atoms with Gasteiger partial charge in [-0.3, -0.25) is 4.98 Å². The summed E-state index contributed by atoms with van der Waals surface area (Å²) in [6.45, 7) is 5.98. The van der Waals surface area contributed by atoms with Gasteiger partial charge in [-0.2, -0.15) is 4.37 Å². The van der Waals surface area contributed by atoms with Crippen LogP contribution in [0.3, 0.4) is 0 Å². The van der Waals surface area contributed by atoms with Gasteiger partial charge in [0.15, 0.2) is 0 Å². The first-order valence-electron chi connectivity index (χ1n) is 8.08. The van der Waals surface area contributed by atoms with Crippen LogP contribution in [-0.2, 0) is 6.42 Å². The third kappa shape index (κ3) is 4.28. The first-order valence-corrected chi connectivity index (χ1v) is 8.81. The summed E-state index contributed by atoms with van der Waals surface area (Å²) in [6, 6.07) is 11.4. The minimum absolute atomic E-state index is 0.153. The van der Waals surface area contributed by atoms with Crippen molar-refractivity contribution >= 4 is 17.7 Å². The lowest BCUT2D eigenvalue weighted by molar-refractivity contribution is 0.0726. The van der Waals surface area contributed by atoms with Crippen molar-refractivity contribution in [3.05, 3.63) is 70.7 Å². The Hall–Kier alpha value is -2.60. The molecule has 0 atom stereocenters. The molecule has 0 aliphatic rings. The highest BCUT2D eigenvalue weighted by Gasteiger charge is 2.18. The standard InChI is InChI=1S/C19H19N3O2S/c1-12(2)17-18(22-25-21-17)24-19(23)15-6-4-5-14(9-15)10-16-8-7-13(3)11-20-16/h4-9,11-12H,10H2,1-3H3. The second-order valence-corrected chi connectivity index (χ2v) is 6.73. The number of ether oxygens (including phenoxy) is 1. The molecule has 3 aromatic rings. The lowest BCUT2D eigenvalue weighted by Crippen LogP contribution is -2.10. The van der Waals surface area contributed by atoms with Gasteiger partial charge in [-0.25, -0.2) is 4.79 Å². The van der Waals surface area contributed by atoms with E-state index in [4.69, 9.17) is 4.74 Å². The number of nitrogens with zero attached hydrogens (tertiary/aromatic N) is 3. The van der Waals surface area contributed by atoms with Crippen LogP contribution in [0.15, 0.2) is 42.6 Å². The van der Waals surface area contributed by atoms with Crippen LogP contribution in [0, 0.1) is 6.92 Å². The molecule has 0 saturated heterocycles. The van der Waals surface area contributed by atoms with E-state index in [1.54, 1.807) is 6.07 Å². The zero-order valence-electron chi connectivity index (χ0n) is 14.4. The quantitative estimate of drug-likeness (QED) is 0.644. The number of aromatic nitrogens is 3. The number of hydrogen-bond donors (Lipinski definition) is 0. The molecule has 0 spiro atoms. The molecule has 128 valence electrons. The van der Waals surface area contributed by atoms with Gasteiger partial charge in [0.05, 0.1) is 17.3 Å². The van der Waals surface area contributed by atoms with Crippen LogP contribution in [0.25, 0.3) is 0 Å². The van der Waals surface area contributed by atoms with Crippen molar-refractivity contribution in [1.82, 2.24) is 13.7 Å². The predicted molar refractivity (Wildman–Crippen MR) is 97.2 cm³/mol. The molecule has 0 N–H and O–H groups in total. The number of carbonyl (C=O) groups excluding carboxylic acids is 1. The number of pyridine rings is 1. The van der Waals surface area contributed by atoms with Crippen molar-refractivity contribution in [2.75, 3.05) is 0 Å². The molecule has 6 heteroatoms. The Bertz CT molecular complexity index is 872. The maximum atomic E-state index is 12.4. The van der Waals surface area contributed by atoms with E-state index in [9.17, 15) is 4.79 Å². The maximum Gasteiger partial charge on any atom is 0.344 e. The zero-order valence-corrected chi connectivity index (χ0v) is 15.2. The summed E-state index contributed by atoms with van der Waals surface area (Å²) < 4.78 is 13.7. The Morgan fingerprint density at radius 2 is 2.04 bits per heavy atom. The minimum atomic E-state index is -0.423. The van der Waals surface area contributed by atoms with Crippen molar-refractivity contribution in [1.29, 1.82) is 0 Å². The number of carbonyl (C=O) groups is 1. The smallest absolute Gasteiger partial charge is 0.344 e. The number of benzene rings is 1. The first-order chi connectivity index (χ1) is 12.0. The third-order valence-electron chi connectivity index (χ3n) is 3.74. The summed E-state index contributed by atoms with van der Waals surface area (Å²) in [5, 5.41) is 0. The van der Waals surface area contributed by atoms with Gasteiger partial charge in [0, 0.05) is 24.2 Å². The average molecular weight is 353 g/mol. The van der Waals surface area contributed by atoms with E-state index in [1.165, 1.54) is 0 Å². The monoisotopic (exact) mass is 353 g/mol. The average Bonchev–Trinajstić information content (AvgIpc) is 3.05. The van der Waals surface area contributed by atoms with E-state index in [0.717, 1.165) is 28.5 Å². The highest BCUT2D eigenvalue weighted by atomic mass is 32.1. The van der Waals surface area contributed by atoms with E-state index in [0.29, 0.717) is 23.6 Å². The van der Waals surface area contributed by atoms with Crippen LogP contribution in [0.5, 0.6) is 5.88 Å². The lowest BCUT2D eigenvalue weighted by Gasteiger charge is -2.07. The molecule has 1 aromatic carbocycles. The fourth-order valence-corrected chi connectivity index (χ4v) is 3.00. The van der Waals surface area contributed by atoms with E-state index in [2.05, 4.69) is 13.7 Å². The van der Waals surface area contributed by atoms with Gasteiger partial charge in [0.25, 0.3) is 5.88 Å². The maximum absolute atomic E-state index is 12.4. The summed E-state index contributed by atoms with van der Waals surface area (Å²) >= 11 is 1.05. The Labute approximate surface area is 151 Å². The second kappa shape index (κ2) is 7.53. The Kier molecular flexibility index (Phi) is 5.19. The molecular weight excluding hydrogens is 334 g/mol. The van der Waals surface area contributed by atoms with Gasteiger partial charge >= 0.3 is 5.97 Å². The normalized spacial score (nSPS) is 10.9. The van der Waals surface area contributed by atoms with Crippen LogP contribution in [0.2, 0.25) is 0 Å². The fourth-order valence-electron chi connectivity index (χ4n) is 2.38. The van der Waals surface area contributed by atoms with Crippen LogP contribution < -0.4 is 4.74 Å². The summed E-state index contributed by atoms with van der Waals surface area (Å²) in [7, 11) is 0. The molecule has 0 amide bonds. The van der Waals surface area contributed by atoms with Gasteiger partial charge in [0.2, 0.25) is 0 Å². The van der Waals surface area contributed by atoms with Crippen molar-refractivity contribution in [3.8, 4) is 5.88 Å². The predicted octanol–water partition coefficient (Wildman–Crippen LogP) is 4.17. The topological polar surface area (TPSA) is 65.0 Å². The highest BCUT2D eigenvalue weighted by molar-refractivity contribution is 6.99. The van der Waals surface area contributed by atoms with Crippen molar-refractivity contribution in [3.63, 3.8) is 0 Å². The van der Waals surface area contributed by atoms with Crippen LogP contribution in [-0.4, -0.2) is 19.7 Å². The molecule has 0 unspecified atom stereocenters. The van der Waals surface area contributed by atoms with Crippen molar-refractivity contribution < 1.29 is 9.53 Å². The molecule has 0 fully saturated rings. The number of esters is 1. The van der Waals surface area contributed by atoms with Crippen LogP contribution >= 0.6 is 11.7 Å². The number of aryl methyl sites for hydroxylation is 1. The lowest BCUT2D eigenvalue weighted by atomic mass is 10.1. The highest BCUT2D eigenvalue weighted by Crippen LogP contribution is 2.24. The van der Waals surface area contributed by atoms with E-state index < -0.39 is 5.97 Å². The van der Waals surface area contributed by atoms with E-state index in [-0.39, 0.29) is 5.92 Å². The summed E-state index contributed by atoms with van der Waals surface area (Å²) in [4.78, 5) is 16.8. The molecule has 0 bridgehead atoms. The minimum Gasteiger partial charge on any atom is -0.401 e. The van der Waals surface area contributed by atoms with E-state index in [1.807, 2.05) is 57.3 Å². The number of rotatable bonds is 5. The molecule has 2 heterocycles. The van der Waals surface area contributed by atoms with E-state index >= 15 is 0 Å². The molecule has 2 aromatic heterocycles. The molecule has 0 saturated carbocycles. The third-order valence-corrected chi connectivity index (χ3v) is 4.26. The molecule has 3 rings (SSSR count). The van der Waals surface area contributed by atoms with Gasteiger partial charge in [-0.05, 0) is 36.2 Å². The van der Waals surface area contributed by atoms with Crippen molar-refractivity contribution in [2.45, 2.75) is 33.1 Å². The Morgan fingerprint density at radius 1 is 1.20 bits per heavy atom. The SMILES string of the molecule is Cc1ccc(Cc2cccc(C(=O)Oc3nsnc3C(C)C)c2)nc1. The zero-order chi connectivity index (χ0) is 17.8. The molecule has 0 aliphatic heterocycles. The second-order valence-electron chi connectivity index (χ2n) is 6.20. The van der Waals surface area contributed by atoms with Gasteiger partial charge in [-0.1, -0.05) is 32.0 Å². The molecule has 5 nitrogen and oxygen atoms in total. The Balaban J connectivity index is 1.75. The Morgan fingerprint density at radius 3 is 2.76 bits per heavy atom. The largest absolute Gasteiger partial charge is 0.401 e.